The molecule has 0 atom stereocenters. The van der Waals surface area contributed by atoms with Crippen LogP contribution in [-0.4, -0.2) is 0 Å². The summed E-state index contributed by atoms with van der Waals surface area (Å²) in [6.45, 7) is 0. The van der Waals surface area contributed by atoms with Gasteiger partial charge in [-0.15, -0.1) is 0 Å². The van der Waals surface area contributed by atoms with Crippen molar-refractivity contribution in [1.82, 2.24) is 0 Å². The lowest BCUT2D eigenvalue weighted by Gasteiger charge is -1.93. The molecule has 0 fully saturated rings. The Bertz CT molecular complexity index is 902. The zero-order valence-electron chi connectivity index (χ0n) is 9.04. The van der Waals surface area contributed by atoms with E-state index in [0.717, 1.165) is 42.0 Å². The van der Waals surface area contributed by atoms with Crippen molar-refractivity contribution in [2.45, 2.75) is 0 Å². The van der Waals surface area contributed by atoms with Crippen LogP contribution >= 0.6 is 31.9 Å². The Kier molecular flexibility index (Phi) is 2.14. The van der Waals surface area contributed by atoms with Crippen LogP contribution < -0.4 is 0 Å². The van der Waals surface area contributed by atoms with E-state index in [1.807, 2.05) is 36.4 Å². The first-order valence-corrected chi connectivity index (χ1v) is 7.02. The Morgan fingerprint density at radius 1 is 0.722 bits per heavy atom. The molecule has 0 aliphatic rings. The number of hydrogen-bond donors (Lipinski definition) is 0. The fourth-order valence-electron chi connectivity index (χ4n) is 2.25. The highest BCUT2D eigenvalue weighted by atomic mass is 79.9. The van der Waals surface area contributed by atoms with Crippen LogP contribution in [0.2, 0.25) is 0 Å². The predicted octanol–water partition coefficient (Wildman–Crippen LogP) is 5.86. The predicted molar refractivity (Wildman–Crippen MR) is 78.9 cm³/mol. The molecule has 0 saturated heterocycles. The van der Waals surface area contributed by atoms with Crippen LogP contribution in [0.4, 0.5) is 0 Å². The van der Waals surface area contributed by atoms with Gasteiger partial charge in [-0.25, -0.2) is 0 Å². The highest BCUT2D eigenvalue weighted by Crippen LogP contribution is 2.41. The number of halogens is 2. The number of para-hydroxylation sites is 1. The average molecular weight is 366 g/mol. The fourth-order valence-corrected chi connectivity index (χ4v) is 3.22. The molecular formula is C14H6Br2O2. The summed E-state index contributed by atoms with van der Waals surface area (Å²) in [5, 5.41) is 1.97. The van der Waals surface area contributed by atoms with Crippen molar-refractivity contribution in [3.8, 4) is 0 Å². The van der Waals surface area contributed by atoms with Crippen molar-refractivity contribution in [3.05, 3.63) is 45.3 Å². The van der Waals surface area contributed by atoms with Gasteiger partial charge in [-0.2, -0.15) is 0 Å². The Morgan fingerprint density at radius 2 is 1.50 bits per heavy atom. The summed E-state index contributed by atoms with van der Waals surface area (Å²) in [7, 11) is 0. The molecule has 2 aromatic carbocycles. The molecule has 4 aromatic rings. The number of furan rings is 2. The highest BCUT2D eigenvalue weighted by Gasteiger charge is 2.18. The van der Waals surface area contributed by atoms with Gasteiger partial charge in [0, 0.05) is 4.47 Å². The third kappa shape index (κ3) is 1.27. The maximum Gasteiger partial charge on any atom is 0.182 e. The second kappa shape index (κ2) is 3.62. The average Bonchev–Trinajstić information content (AvgIpc) is 2.87. The van der Waals surface area contributed by atoms with Crippen LogP contribution in [-0.2, 0) is 0 Å². The molecule has 0 radical (unpaired) electrons. The molecule has 2 nitrogen and oxygen atoms in total. The lowest BCUT2D eigenvalue weighted by Crippen LogP contribution is -1.68. The maximum atomic E-state index is 5.95. The van der Waals surface area contributed by atoms with Crippen LogP contribution in [0.5, 0.6) is 0 Å². The third-order valence-corrected chi connectivity index (χ3v) is 4.32. The molecule has 0 unspecified atom stereocenters. The molecule has 18 heavy (non-hydrogen) atoms. The van der Waals surface area contributed by atoms with Crippen LogP contribution in [0.1, 0.15) is 0 Å². The van der Waals surface area contributed by atoms with Crippen molar-refractivity contribution in [2.75, 3.05) is 0 Å². The fraction of sp³-hybridized carbons (Fsp3) is 0. The van der Waals surface area contributed by atoms with E-state index in [0.29, 0.717) is 0 Å². The second-order valence-electron chi connectivity index (χ2n) is 4.09. The molecule has 88 valence electrons. The highest BCUT2D eigenvalue weighted by molar-refractivity contribution is 9.11. The Labute approximate surface area is 119 Å². The van der Waals surface area contributed by atoms with Crippen molar-refractivity contribution < 1.29 is 8.83 Å². The zero-order chi connectivity index (χ0) is 12.3. The maximum absolute atomic E-state index is 5.95. The van der Waals surface area contributed by atoms with Gasteiger partial charge < -0.3 is 8.83 Å². The standard InChI is InChI=1S/C14H6Br2O2/c15-8-4-2-6-10-11(8)14-13(17-10)7-3-1-5-9(16)12(7)18-14/h1-6H. The normalized spacial score (nSPS) is 11.9. The molecular weight excluding hydrogens is 360 g/mol. The van der Waals surface area contributed by atoms with E-state index in [1.54, 1.807) is 0 Å². The van der Waals surface area contributed by atoms with Gasteiger partial charge in [-0.05, 0) is 56.1 Å². The largest absolute Gasteiger partial charge is 0.452 e. The summed E-state index contributed by atoms with van der Waals surface area (Å²) in [5.41, 5.74) is 3.25. The van der Waals surface area contributed by atoms with Gasteiger partial charge in [0.2, 0.25) is 0 Å². The summed E-state index contributed by atoms with van der Waals surface area (Å²) in [6, 6.07) is 11.8. The van der Waals surface area contributed by atoms with Crippen LogP contribution in [0.15, 0.2) is 54.2 Å². The molecule has 0 spiro atoms. The zero-order valence-corrected chi connectivity index (χ0v) is 12.2. The minimum Gasteiger partial charge on any atom is -0.452 e. The number of benzene rings is 2. The van der Waals surface area contributed by atoms with E-state index in [2.05, 4.69) is 31.9 Å². The SMILES string of the molecule is Brc1cccc2c1oc1c2oc2cccc(Br)c21. The molecule has 0 saturated carbocycles. The summed E-state index contributed by atoms with van der Waals surface area (Å²) < 4.78 is 13.8. The summed E-state index contributed by atoms with van der Waals surface area (Å²) in [6.07, 6.45) is 0. The molecule has 0 amide bonds. The molecule has 4 rings (SSSR count). The molecule has 0 bridgehead atoms. The Morgan fingerprint density at radius 3 is 2.39 bits per heavy atom. The molecule has 4 heteroatoms. The van der Waals surface area contributed by atoms with E-state index in [-0.39, 0.29) is 0 Å². The van der Waals surface area contributed by atoms with Crippen molar-refractivity contribution in [2.24, 2.45) is 0 Å². The van der Waals surface area contributed by atoms with E-state index in [1.165, 1.54) is 0 Å². The number of rotatable bonds is 0. The Hall–Kier alpha value is -1.26. The van der Waals surface area contributed by atoms with E-state index < -0.39 is 0 Å². The van der Waals surface area contributed by atoms with Gasteiger partial charge in [0.05, 0.1) is 15.2 Å². The van der Waals surface area contributed by atoms with Gasteiger partial charge in [0.1, 0.15) is 5.58 Å². The summed E-state index contributed by atoms with van der Waals surface area (Å²) in [4.78, 5) is 0. The molecule has 2 aromatic heterocycles. The topological polar surface area (TPSA) is 26.3 Å². The van der Waals surface area contributed by atoms with E-state index >= 15 is 0 Å². The van der Waals surface area contributed by atoms with Gasteiger partial charge in [-0.3, -0.25) is 0 Å². The summed E-state index contributed by atoms with van der Waals surface area (Å²) >= 11 is 7.04. The van der Waals surface area contributed by atoms with Crippen molar-refractivity contribution >= 4 is 65.0 Å². The molecule has 0 aliphatic carbocycles. The minimum absolute atomic E-state index is 0.791. The first-order chi connectivity index (χ1) is 8.75. The van der Waals surface area contributed by atoms with Crippen LogP contribution in [0.25, 0.3) is 33.1 Å². The smallest absolute Gasteiger partial charge is 0.182 e. The van der Waals surface area contributed by atoms with Crippen molar-refractivity contribution in [1.29, 1.82) is 0 Å². The van der Waals surface area contributed by atoms with Crippen LogP contribution in [0.3, 0.4) is 0 Å². The summed E-state index contributed by atoms with van der Waals surface area (Å²) in [5.74, 6) is 0. The first kappa shape index (κ1) is 10.6. The van der Waals surface area contributed by atoms with E-state index in [9.17, 15) is 0 Å². The van der Waals surface area contributed by atoms with Gasteiger partial charge in [-0.1, -0.05) is 12.1 Å². The van der Waals surface area contributed by atoms with Crippen LogP contribution in [0, 0.1) is 0 Å². The molecule has 0 N–H and O–H groups in total. The van der Waals surface area contributed by atoms with E-state index in [4.69, 9.17) is 8.83 Å². The van der Waals surface area contributed by atoms with Gasteiger partial charge >= 0.3 is 0 Å². The second-order valence-corrected chi connectivity index (χ2v) is 5.80. The Balaban J connectivity index is 2.34. The minimum atomic E-state index is 0.791. The first-order valence-electron chi connectivity index (χ1n) is 5.43. The van der Waals surface area contributed by atoms with Gasteiger partial charge in [0.15, 0.2) is 16.7 Å². The lowest BCUT2D eigenvalue weighted by atomic mass is 10.2. The molecule has 0 aliphatic heterocycles. The van der Waals surface area contributed by atoms with Gasteiger partial charge in [0.25, 0.3) is 0 Å². The van der Waals surface area contributed by atoms with Crippen molar-refractivity contribution in [3.63, 3.8) is 0 Å². The lowest BCUT2D eigenvalue weighted by molar-refractivity contribution is 0.652. The quantitative estimate of drug-likeness (QED) is 0.390. The number of fused-ring (bicyclic) bond motifs is 5. The molecule has 2 heterocycles. The number of hydrogen-bond acceptors (Lipinski definition) is 2. The third-order valence-electron chi connectivity index (χ3n) is 3.04. The monoisotopic (exact) mass is 364 g/mol.